The van der Waals surface area contributed by atoms with Gasteiger partial charge in [0.2, 0.25) is 0 Å². The van der Waals surface area contributed by atoms with E-state index in [9.17, 15) is 4.79 Å². The summed E-state index contributed by atoms with van der Waals surface area (Å²) < 4.78 is 0. The first kappa shape index (κ1) is 11.7. The van der Waals surface area contributed by atoms with Gasteiger partial charge < -0.3 is 5.32 Å². The number of hydrogen-bond donors (Lipinski definition) is 1. The summed E-state index contributed by atoms with van der Waals surface area (Å²) in [7, 11) is 0. The molecule has 2 nitrogen and oxygen atoms in total. The molecule has 2 rings (SSSR count). The van der Waals surface area contributed by atoms with Gasteiger partial charge in [0.1, 0.15) is 0 Å². The highest BCUT2D eigenvalue weighted by Crippen LogP contribution is 2.17. The molecule has 16 heavy (non-hydrogen) atoms. The van der Waals surface area contributed by atoms with E-state index in [1.54, 1.807) is 11.8 Å². The van der Waals surface area contributed by atoms with Crippen LogP contribution in [0, 0.1) is 0 Å². The van der Waals surface area contributed by atoms with E-state index in [0.717, 1.165) is 18.5 Å². The number of hydrogen-bond acceptors (Lipinski definition) is 3. The summed E-state index contributed by atoms with van der Waals surface area (Å²) in [5.41, 5.74) is 0.839. The van der Waals surface area contributed by atoms with Crippen LogP contribution >= 0.6 is 11.8 Å². The van der Waals surface area contributed by atoms with Crippen molar-refractivity contribution in [3.8, 4) is 0 Å². The van der Waals surface area contributed by atoms with Crippen LogP contribution in [0.1, 0.15) is 29.6 Å². The number of benzene rings is 1. The van der Waals surface area contributed by atoms with Crippen molar-refractivity contribution in [1.82, 2.24) is 5.32 Å². The van der Waals surface area contributed by atoms with Crippen molar-refractivity contribution >= 4 is 17.5 Å². The molecule has 0 spiro atoms. The van der Waals surface area contributed by atoms with E-state index in [-0.39, 0.29) is 5.78 Å². The van der Waals surface area contributed by atoms with E-state index in [4.69, 9.17) is 0 Å². The average Bonchev–Trinajstić information content (AvgIpc) is 2.82. The van der Waals surface area contributed by atoms with E-state index >= 15 is 0 Å². The highest BCUT2D eigenvalue weighted by atomic mass is 32.2. The summed E-state index contributed by atoms with van der Waals surface area (Å²) in [4.78, 5) is 13.2. The summed E-state index contributed by atoms with van der Waals surface area (Å²) in [6.07, 6.45) is 5.01. The van der Waals surface area contributed by atoms with Crippen LogP contribution in [-0.4, -0.2) is 24.6 Å². The molecule has 1 aromatic carbocycles. The second-order valence-electron chi connectivity index (χ2n) is 4.15. The van der Waals surface area contributed by atoms with Gasteiger partial charge in [-0.25, -0.2) is 0 Å². The summed E-state index contributed by atoms with van der Waals surface area (Å²) in [5, 5.41) is 3.35. The van der Waals surface area contributed by atoms with Crippen molar-refractivity contribution < 1.29 is 4.79 Å². The molecular weight excluding hydrogens is 218 g/mol. The fourth-order valence-electron chi connectivity index (χ4n) is 2.05. The quantitative estimate of drug-likeness (QED) is 0.642. The molecule has 1 aromatic rings. The first-order chi connectivity index (χ1) is 7.79. The van der Waals surface area contributed by atoms with Gasteiger partial charge >= 0.3 is 0 Å². The number of carbonyl (C=O) groups is 1. The Bertz CT molecular complexity index is 355. The number of rotatable bonds is 4. The Balaban J connectivity index is 1.97. The van der Waals surface area contributed by atoms with Gasteiger partial charge in [-0.1, -0.05) is 12.1 Å². The summed E-state index contributed by atoms with van der Waals surface area (Å²) >= 11 is 1.70. The van der Waals surface area contributed by atoms with Gasteiger partial charge in [0.05, 0.1) is 0 Å². The molecule has 0 saturated carbocycles. The molecule has 1 N–H and O–H groups in total. The average molecular weight is 235 g/mol. The standard InChI is InChI=1S/C13H17NOS/c1-16-12-6-4-10(5-7-12)13(15)9-11-3-2-8-14-11/h4-7,11,14H,2-3,8-9H2,1H3. The Labute approximate surface area is 101 Å². The zero-order chi connectivity index (χ0) is 11.4. The second kappa shape index (κ2) is 5.51. The lowest BCUT2D eigenvalue weighted by Crippen LogP contribution is -2.24. The predicted molar refractivity (Wildman–Crippen MR) is 68.2 cm³/mol. The normalized spacial score (nSPS) is 19.9. The third-order valence-corrected chi connectivity index (χ3v) is 3.75. The SMILES string of the molecule is CSc1ccc(C(=O)CC2CCCN2)cc1. The molecule has 0 aliphatic carbocycles. The number of Topliss-reactive ketones (excluding diaryl/α,β-unsaturated/α-hetero) is 1. The highest BCUT2D eigenvalue weighted by Gasteiger charge is 2.18. The van der Waals surface area contributed by atoms with Crippen LogP contribution in [0.5, 0.6) is 0 Å². The van der Waals surface area contributed by atoms with Gasteiger partial charge in [-0.3, -0.25) is 4.79 Å². The van der Waals surface area contributed by atoms with Crippen LogP contribution in [0.4, 0.5) is 0 Å². The predicted octanol–water partition coefficient (Wildman–Crippen LogP) is 2.73. The van der Waals surface area contributed by atoms with Crippen molar-refractivity contribution in [2.24, 2.45) is 0 Å². The molecule has 1 aliphatic rings. The van der Waals surface area contributed by atoms with Crippen molar-refractivity contribution in [1.29, 1.82) is 0 Å². The zero-order valence-electron chi connectivity index (χ0n) is 9.53. The van der Waals surface area contributed by atoms with E-state index in [0.29, 0.717) is 12.5 Å². The smallest absolute Gasteiger partial charge is 0.164 e. The monoisotopic (exact) mass is 235 g/mol. The summed E-state index contributed by atoms with van der Waals surface area (Å²) in [6, 6.07) is 8.29. The Hall–Kier alpha value is -0.800. The van der Waals surface area contributed by atoms with E-state index in [1.165, 1.54) is 11.3 Å². The van der Waals surface area contributed by atoms with Crippen molar-refractivity contribution in [3.05, 3.63) is 29.8 Å². The molecule has 3 heteroatoms. The van der Waals surface area contributed by atoms with E-state index < -0.39 is 0 Å². The number of ketones is 1. The van der Waals surface area contributed by atoms with Crippen LogP contribution in [0.2, 0.25) is 0 Å². The summed E-state index contributed by atoms with van der Waals surface area (Å²) in [6.45, 7) is 1.06. The molecular formula is C13H17NOS. The van der Waals surface area contributed by atoms with Gasteiger partial charge in [-0.15, -0.1) is 11.8 Å². The third-order valence-electron chi connectivity index (χ3n) is 3.01. The molecule has 0 aromatic heterocycles. The van der Waals surface area contributed by atoms with Crippen molar-refractivity contribution in [3.63, 3.8) is 0 Å². The van der Waals surface area contributed by atoms with Gasteiger partial charge in [0.25, 0.3) is 0 Å². The number of thioether (sulfide) groups is 1. The maximum Gasteiger partial charge on any atom is 0.164 e. The molecule has 0 radical (unpaired) electrons. The fraction of sp³-hybridized carbons (Fsp3) is 0.462. The maximum absolute atomic E-state index is 12.0. The van der Waals surface area contributed by atoms with Gasteiger partial charge in [0.15, 0.2) is 5.78 Å². The van der Waals surface area contributed by atoms with Crippen molar-refractivity contribution in [2.75, 3.05) is 12.8 Å². The minimum atomic E-state index is 0.257. The largest absolute Gasteiger partial charge is 0.314 e. The van der Waals surface area contributed by atoms with Crippen LogP contribution in [0.3, 0.4) is 0 Å². The van der Waals surface area contributed by atoms with E-state index in [2.05, 4.69) is 5.32 Å². The lowest BCUT2D eigenvalue weighted by atomic mass is 10.0. The topological polar surface area (TPSA) is 29.1 Å². The number of nitrogens with one attached hydrogen (secondary N) is 1. The Morgan fingerprint density at radius 2 is 2.19 bits per heavy atom. The highest BCUT2D eigenvalue weighted by molar-refractivity contribution is 7.98. The molecule has 1 unspecified atom stereocenters. The molecule has 0 bridgehead atoms. The lowest BCUT2D eigenvalue weighted by Gasteiger charge is -2.08. The van der Waals surface area contributed by atoms with E-state index in [1.807, 2.05) is 30.5 Å². The molecule has 0 amide bonds. The minimum absolute atomic E-state index is 0.257. The number of carbonyl (C=O) groups excluding carboxylic acids is 1. The van der Waals surface area contributed by atoms with Crippen LogP contribution in [0.25, 0.3) is 0 Å². The Morgan fingerprint density at radius 1 is 1.44 bits per heavy atom. The Kier molecular flexibility index (Phi) is 4.02. The maximum atomic E-state index is 12.0. The first-order valence-electron chi connectivity index (χ1n) is 5.70. The van der Waals surface area contributed by atoms with Gasteiger partial charge in [0, 0.05) is 22.9 Å². The minimum Gasteiger partial charge on any atom is -0.314 e. The van der Waals surface area contributed by atoms with Crippen LogP contribution in [-0.2, 0) is 0 Å². The lowest BCUT2D eigenvalue weighted by molar-refractivity contribution is 0.0971. The molecule has 1 fully saturated rings. The Morgan fingerprint density at radius 3 is 2.75 bits per heavy atom. The fourth-order valence-corrected chi connectivity index (χ4v) is 2.46. The van der Waals surface area contributed by atoms with Gasteiger partial charge in [-0.2, -0.15) is 0 Å². The molecule has 1 aliphatic heterocycles. The summed E-state index contributed by atoms with van der Waals surface area (Å²) in [5.74, 6) is 0.257. The van der Waals surface area contributed by atoms with Crippen LogP contribution < -0.4 is 5.32 Å². The molecule has 86 valence electrons. The molecule has 1 atom stereocenters. The van der Waals surface area contributed by atoms with Gasteiger partial charge in [-0.05, 0) is 37.8 Å². The van der Waals surface area contributed by atoms with Crippen molar-refractivity contribution in [2.45, 2.75) is 30.2 Å². The zero-order valence-corrected chi connectivity index (χ0v) is 10.3. The first-order valence-corrected chi connectivity index (χ1v) is 6.92. The molecule has 1 saturated heterocycles. The second-order valence-corrected chi connectivity index (χ2v) is 5.03. The third kappa shape index (κ3) is 2.86. The molecule has 1 heterocycles. The van der Waals surface area contributed by atoms with Crippen LogP contribution in [0.15, 0.2) is 29.2 Å².